The van der Waals surface area contributed by atoms with Gasteiger partial charge in [0, 0.05) is 16.8 Å². The number of nitrogens with zero attached hydrogens (tertiary/aromatic N) is 1. The van der Waals surface area contributed by atoms with Gasteiger partial charge >= 0.3 is 0 Å². The van der Waals surface area contributed by atoms with Gasteiger partial charge in [-0.15, -0.1) is 11.3 Å². The number of rotatable bonds is 6. The van der Waals surface area contributed by atoms with Crippen molar-refractivity contribution in [2.45, 2.75) is 37.3 Å². The van der Waals surface area contributed by atoms with Crippen molar-refractivity contribution < 1.29 is 9.18 Å². The summed E-state index contributed by atoms with van der Waals surface area (Å²) in [5, 5.41) is 4.62. The first-order valence-electron chi connectivity index (χ1n) is 8.60. The van der Waals surface area contributed by atoms with Crippen LogP contribution in [0.2, 0.25) is 0 Å². The molecule has 3 rings (SSSR count). The quantitative estimate of drug-likeness (QED) is 0.541. The Morgan fingerprint density at radius 1 is 1.15 bits per heavy atom. The second kappa shape index (κ2) is 8.67. The zero-order valence-electron chi connectivity index (χ0n) is 15.5. The Bertz CT molecular complexity index is 969. The molecular formula is C21H21FN2OS2. The van der Waals surface area contributed by atoms with Gasteiger partial charge in [-0.2, -0.15) is 0 Å². The van der Waals surface area contributed by atoms with Crippen LogP contribution in [0.15, 0.2) is 46.1 Å². The van der Waals surface area contributed by atoms with E-state index < -0.39 is 0 Å². The number of amides is 1. The van der Waals surface area contributed by atoms with Crippen LogP contribution in [-0.4, -0.2) is 10.9 Å². The highest BCUT2D eigenvalue weighted by molar-refractivity contribution is 8.00. The van der Waals surface area contributed by atoms with E-state index in [4.69, 9.17) is 0 Å². The largest absolute Gasteiger partial charge is 0.326 e. The summed E-state index contributed by atoms with van der Waals surface area (Å²) in [6, 6.07) is 11.1. The predicted octanol–water partition coefficient (Wildman–Crippen LogP) is 5.68. The first kappa shape index (κ1) is 19.6. The molecule has 27 heavy (non-hydrogen) atoms. The smallest absolute Gasteiger partial charge is 0.230 e. The van der Waals surface area contributed by atoms with E-state index in [1.165, 1.54) is 22.8 Å². The van der Waals surface area contributed by atoms with E-state index >= 15 is 0 Å². The van der Waals surface area contributed by atoms with Crippen molar-refractivity contribution in [2.24, 2.45) is 0 Å². The number of carbonyl (C=O) groups is 1. The standard InChI is InChI=1S/C21H21FN2OS2/c1-13-4-5-14(2)16(8-13)11-26-21-24-18(12-27-21)10-20(25)23-17-7-6-15(3)19(22)9-17/h4-9,12H,10-11H2,1-3H3,(H,23,25). The lowest BCUT2D eigenvalue weighted by molar-refractivity contribution is -0.115. The molecule has 0 aliphatic heterocycles. The Labute approximate surface area is 167 Å². The molecular weight excluding hydrogens is 379 g/mol. The molecule has 0 spiro atoms. The second-order valence-corrected chi connectivity index (χ2v) is 8.59. The Hall–Kier alpha value is -2.18. The molecule has 140 valence electrons. The number of benzene rings is 2. The van der Waals surface area contributed by atoms with E-state index in [9.17, 15) is 9.18 Å². The molecule has 0 bridgehead atoms. The summed E-state index contributed by atoms with van der Waals surface area (Å²) in [4.78, 5) is 16.7. The maximum Gasteiger partial charge on any atom is 0.230 e. The van der Waals surface area contributed by atoms with Crippen LogP contribution in [0.25, 0.3) is 0 Å². The molecule has 2 aromatic carbocycles. The Balaban J connectivity index is 1.56. The third kappa shape index (κ3) is 5.40. The van der Waals surface area contributed by atoms with Crippen LogP contribution in [0.1, 0.15) is 27.9 Å². The minimum absolute atomic E-state index is 0.177. The first-order chi connectivity index (χ1) is 12.9. The van der Waals surface area contributed by atoms with Crippen molar-refractivity contribution in [3.8, 4) is 0 Å². The number of aryl methyl sites for hydroxylation is 3. The van der Waals surface area contributed by atoms with Crippen LogP contribution in [0.4, 0.5) is 10.1 Å². The number of nitrogens with one attached hydrogen (secondary N) is 1. The van der Waals surface area contributed by atoms with Crippen LogP contribution < -0.4 is 5.32 Å². The summed E-state index contributed by atoms with van der Waals surface area (Å²) in [5.74, 6) is 0.330. The molecule has 3 nitrogen and oxygen atoms in total. The average Bonchev–Trinajstić information content (AvgIpc) is 3.06. The van der Waals surface area contributed by atoms with Gasteiger partial charge in [0.25, 0.3) is 0 Å². The molecule has 0 saturated carbocycles. The van der Waals surface area contributed by atoms with Crippen molar-refractivity contribution in [3.63, 3.8) is 0 Å². The van der Waals surface area contributed by atoms with E-state index in [0.29, 0.717) is 11.3 Å². The summed E-state index contributed by atoms with van der Waals surface area (Å²) in [7, 11) is 0. The number of carbonyl (C=O) groups excluding carboxylic acids is 1. The summed E-state index contributed by atoms with van der Waals surface area (Å²) < 4.78 is 14.5. The molecule has 3 aromatic rings. The highest BCUT2D eigenvalue weighted by Gasteiger charge is 2.10. The number of thioether (sulfide) groups is 1. The van der Waals surface area contributed by atoms with E-state index in [1.807, 2.05) is 5.38 Å². The van der Waals surface area contributed by atoms with Gasteiger partial charge in [-0.05, 0) is 49.6 Å². The number of halogens is 1. The third-order valence-electron chi connectivity index (χ3n) is 4.18. The molecule has 0 atom stereocenters. The number of hydrogen-bond donors (Lipinski definition) is 1. The van der Waals surface area contributed by atoms with Crippen molar-refractivity contribution in [1.29, 1.82) is 0 Å². The van der Waals surface area contributed by atoms with Gasteiger partial charge in [0.05, 0.1) is 12.1 Å². The average molecular weight is 401 g/mol. The van der Waals surface area contributed by atoms with Gasteiger partial charge in [0.1, 0.15) is 10.2 Å². The van der Waals surface area contributed by atoms with Crippen LogP contribution in [-0.2, 0) is 17.0 Å². The van der Waals surface area contributed by atoms with Gasteiger partial charge in [0.2, 0.25) is 5.91 Å². The summed E-state index contributed by atoms with van der Waals surface area (Å²) in [6.07, 6.45) is 0.177. The van der Waals surface area contributed by atoms with E-state index in [0.717, 1.165) is 15.8 Å². The molecule has 0 radical (unpaired) electrons. The molecule has 1 amide bonds. The SMILES string of the molecule is Cc1ccc(C)c(CSc2nc(CC(=O)Nc3ccc(C)c(F)c3)cs2)c1. The minimum atomic E-state index is -0.327. The zero-order chi connectivity index (χ0) is 19.4. The van der Waals surface area contributed by atoms with Gasteiger partial charge in [-0.1, -0.05) is 41.6 Å². The lowest BCUT2D eigenvalue weighted by Crippen LogP contribution is -2.14. The molecule has 0 saturated heterocycles. The molecule has 1 heterocycles. The fourth-order valence-corrected chi connectivity index (χ4v) is 4.48. The van der Waals surface area contributed by atoms with Gasteiger partial charge in [0.15, 0.2) is 0 Å². The molecule has 0 fully saturated rings. The van der Waals surface area contributed by atoms with E-state index in [1.54, 1.807) is 42.2 Å². The number of aromatic nitrogens is 1. The number of anilines is 1. The summed E-state index contributed by atoms with van der Waals surface area (Å²) in [6.45, 7) is 5.89. The maximum absolute atomic E-state index is 13.6. The van der Waals surface area contributed by atoms with Gasteiger partial charge in [-0.3, -0.25) is 4.79 Å². The van der Waals surface area contributed by atoms with E-state index in [2.05, 4.69) is 42.3 Å². The minimum Gasteiger partial charge on any atom is -0.326 e. The monoisotopic (exact) mass is 400 g/mol. The topological polar surface area (TPSA) is 42.0 Å². The highest BCUT2D eigenvalue weighted by atomic mass is 32.2. The molecule has 6 heteroatoms. The van der Waals surface area contributed by atoms with Crippen molar-refractivity contribution in [3.05, 3.63) is 75.5 Å². The first-order valence-corrected chi connectivity index (χ1v) is 10.5. The van der Waals surface area contributed by atoms with Crippen molar-refractivity contribution in [2.75, 3.05) is 5.32 Å². The molecule has 1 aromatic heterocycles. The van der Waals surface area contributed by atoms with Crippen LogP contribution in [0.3, 0.4) is 0 Å². The highest BCUT2D eigenvalue weighted by Crippen LogP contribution is 2.28. The van der Waals surface area contributed by atoms with Crippen LogP contribution >= 0.6 is 23.1 Å². The fraction of sp³-hybridized carbons (Fsp3) is 0.238. The molecule has 1 N–H and O–H groups in total. The third-order valence-corrected chi connectivity index (χ3v) is 6.30. The molecule has 0 unspecified atom stereocenters. The van der Waals surface area contributed by atoms with E-state index in [-0.39, 0.29) is 18.1 Å². The lowest BCUT2D eigenvalue weighted by atomic mass is 10.1. The fourth-order valence-electron chi connectivity index (χ4n) is 2.57. The summed E-state index contributed by atoms with van der Waals surface area (Å²) >= 11 is 3.22. The van der Waals surface area contributed by atoms with Gasteiger partial charge in [-0.25, -0.2) is 9.37 Å². The zero-order valence-corrected chi connectivity index (χ0v) is 17.1. The lowest BCUT2D eigenvalue weighted by Gasteiger charge is -2.06. The predicted molar refractivity (Wildman–Crippen MR) is 111 cm³/mol. The van der Waals surface area contributed by atoms with Crippen molar-refractivity contribution >= 4 is 34.7 Å². The Kier molecular flexibility index (Phi) is 6.29. The number of thiazole rings is 1. The second-order valence-electron chi connectivity index (χ2n) is 6.51. The maximum atomic E-state index is 13.6. The molecule has 0 aliphatic rings. The Morgan fingerprint density at radius 2 is 1.93 bits per heavy atom. The Morgan fingerprint density at radius 3 is 2.70 bits per heavy atom. The number of hydrogen-bond acceptors (Lipinski definition) is 4. The summed E-state index contributed by atoms with van der Waals surface area (Å²) in [5.41, 5.74) is 5.57. The van der Waals surface area contributed by atoms with Crippen molar-refractivity contribution in [1.82, 2.24) is 4.98 Å². The van der Waals surface area contributed by atoms with Crippen LogP contribution in [0.5, 0.6) is 0 Å². The normalized spacial score (nSPS) is 10.8. The van der Waals surface area contributed by atoms with Gasteiger partial charge < -0.3 is 5.32 Å². The van der Waals surface area contributed by atoms with Crippen LogP contribution in [0, 0.1) is 26.6 Å². The molecule has 0 aliphatic carbocycles.